The zero-order valence-corrected chi connectivity index (χ0v) is 5.95. The van der Waals surface area contributed by atoms with Gasteiger partial charge in [0.05, 0.1) is 0 Å². The molecule has 0 saturated heterocycles. The van der Waals surface area contributed by atoms with Gasteiger partial charge in [0.25, 0.3) is 0 Å². The van der Waals surface area contributed by atoms with Crippen molar-refractivity contribution in [3.05, 3.63) is 0 Å². The third-order valence-corrected chi connectivity index (χ3v) is 0.823. The van der Waals surface area contributed by atoms with Crippen molar-refractivity contribution in [3.63, 3.8) is 0 Å². The van der Waals surface area contributed by atoms with E-state index in [1.165, 1.54) is 6.42 Å². The van der Waals surface area contributed by atoms with Crippen molar-refractivity contribution in [1.82, 2.24) is 0 Å². The summed E-state index contributed by atoms with van der Waals surface area (Å²) >= 11 is 2.05. The highest BCUT2D eigenvalue weighted by atomic mass is 127. The number of hydrogen-bond donors (Lipinski definition) is 0. The summed E-state index contributed by atoms with van der Waals surface area (Å²) in [4.78, 5) is 0. The van der Waals surface area contributed by atoms with Crippen LogP contribution in [-0.4, -0.2) is 0 Å². The summed E-state index contributed by atoms with van der Waals surface area (Å²) in [6.07, 6.45) is 2.22. The number of hydrogen-bond acceptors (Lipinski definition) is 0. The van der Waals surface area contributed by atoms with E-state index in [0.717, 1.165) is 6.42 Å². The van der Waals surface area contributed by atoms with E-state index in [2.05, 4.69) is 16.8 Å². The minimum Gasteiger partial charge on any atom is -0.0919 e. The van der Waals surface area contributed by atoms with Gasteiger partial charge in [-0.1, -0.05) is 12.8 Å². The zero-order valence-electron chi connectivity index (χ0n) is 3.79. The summed E-state index contributed by atoms with van der Waals surface area (Å²) in [6.45, 7) is 2.13. The van der Waals surface area contributed by atoms with Gasteiger partial charge in [0.1, 0.15) is 0 Å². The van der Waals surface area contributed by atoms with Gasteiger partial charge in [-0.3, -0.25) is 0 Å². The van der Waals surface area contributed by atoms with Gasteiger partial charge in [0, 0.05) is 29.0 Å². The number of unbranched alkanes of at least 4 members (excludes halogenated alkanes) is 1. The predicted octanol–water partition coefficient (Wildman–Crippen LogP) is 2.18. The Labute approximate surface area is 52.5 Å². The molecule has 0 saturated carbocycles. The van der Waals surface area contributed by atoms with Gasteiger partial charge >= 0.3 is 0 Å². The van der Waals surface area contributed by atoms with Gasteiger partial charge in [0.2, 0.25) is 0 Å². The molecule has 0 fully saturated rings. The summed E-state index contributed by atoms with van der Waals surface area (Å²) in [6, 6.07) is 0. The lowest BCUT2D eigenvalue weighted by Crippen LogP contribution is -1.55. The second kappa shape index (κ2) is 5.29. The molecule has 6 heavy (non-hydrogen) atoms. The molecule has 0 spiro atoms. The first kappa shape index (κ1) is 6.29. The Kier molecular flexibility index (Phi) is 5.55. The Hall–Kier alpha value is 0.290. The van der Waals surface area contributed by atoms with E-state index in [9.17, 15) is 0 Å². The van der Waals surface area contributed by atoms with Gasteiger partial charge < -0.3 is 0 Å². The average molecular weight is 194 g/mol. The quantitative estimate of drug-likeness (QED) is 0.443. The van der Waals surface area contributed by atoms with Crippen LogP contribution in [0.2, 0.25) is 0 Å². The molecule has 0 heterocycles. The van der Waals surface area contributed by atoms with Crippen LogP contribution in [0, 0.1) is 9.85 Å². The van der Waals surface area contributed by atoms with E-state index in [1.54, 1.807) is 0 Å². The maximum absolute atomic E-state index is 2.93. The zero-order chi connectivity index (χ0) is 4.83. The van der Waals surface area contributed by atoms with Crippen molar-refractivity contribution in [2.45, 2.75) is 19.8 Å². The lowest BCUT2D eigenvalue weighted by molar-refractivity contribution is 0.984. The normalized spacial score (nSPS) is 6.33. The molecule has 1 heteroatoms. The summed E-state index contributed by atoms with van der Waals surface area (Å²) in [5.74, 6) is 2.93. The van der Waals surface area contributed by atoms with E-state index in [4.69, 9.17) is 0 Å². The van der Waals surface area contributed by atoms with Gasteiger partial charge in [-0.2, -0.15) is 0 Å². The number of rotatable bonds is 1. The first-order valence-corrected chi connectivity index (χ1v) is 3.08. The van der Waals surface area contributed by atoms with E-state index < -0.39 is 0 Å². The second-order valence-electron chi connectivity index (χ2n) is 1.02. The highest BCUT2D eigenvalue weighted by Gasteiger charge is 1.64. The molecule has 34 valence electrons. The van der Waals surface area contributed by atoms with Crippen LogP contribution in [0.25, 0.3) is 0 Å². The molecule has 0 aromatic carbocycles. The average Bonchev–Trinajstić information content (AvgIpc) is 1.61. The highest BCUT2D eigenvalue weighted by Crippen LogP contribution is 1.82. The van der Waals surface area contributed by atoms with E-state index in [1.807, 2.05) is 22.6 Å². The van der Waals surface area contributed by atoms with Crippen LogP contribution < -0.4 is 0 Å². The van der Waals surface area contributed by atoms with Crippen molar-refractivity contribution in [2.24, 2.45) is 0 Å². The Morgan fingerprint density at radius 3 is 2.50 bits per heavy atom. The van der Waals surface area contributed by atoms with Crippen LogP contribution in [0.5, 0.6) is 0 Å². The summed E-state index contributed by atoms with van der Waals surface area (Å²) in [5.41, 5.74) is 0. The largest absolute Gasteiger partial charge is 0.0919 e. The van der Waals surface area contributed by atoms with Crippen molar-refractivity contribution >= 4 is 22.6 Å². The monoisotopic (exact) mass is 194 g/mol. The second-order valence-corrected chi connectivity index (χ2v) is 1.56. The maximum Gasteiger partial charge on any atom is 0.0181 e. The number of halogens is 1. The molecule has 0 N–H and O–H groups in total. The SMILES string of the molecule is CCCC#CI. The third-order valence-electron chi connectivity index (χ3n) is 0.442. The fourth-order valence-electron chi connectivity index (χ4n) is 0.172. The molecular weight excluding hydrogens is 187 g/mol. The predicted molar refractivity (Wildman–Crippen MR) is 36.7 cm³/mol. The molecule has 0 aliphatic heterocycles. The molecule has 0 amide bonds. The van der Waals surface area contributed by atoms with E-state index in [0.29, 0.717) is 0 Å². The van der Waals surface area contributed by atoms with Crippen LogP contribution in [-0.2, 0) is 0 Å². The van der Waals surface area contributed by atoms with Gasteiger partial charge in [-0.05, 0) is 10.3 Å². The maximum atomic E-state index is 2.93. The minimum absolute atomic E-state index is 1.04. The first-order valence-electron chi connectivity index (χ1n) is 2.00. The molecule has 0 aliphatic rings. The van der Waals surface area contributed by atoms with Crippen molar-refractivity contribution < 1.29 is 0 Å². The standard InChI is InChI=1S/C5H7I/c1-2-3-4-5-6/h2-3H2,1H3. The minimum atomic E-state index is 1.04. The van der Waals surface area contributed by atoms with Gasteiger partial charge in [-0.15, -0.1) is 0 Å². The molecule has 0 aromatic heterocycles. The molecule has 0 unspecified atom stereocenters. The lowest BCUT2D eigenvalue weighted by atomic mass is 10.4. The van der Waals surface area contributed by atoms with Crippen LogP contribution in [0.3, 0.4) is 0 Å². The van der Waals surface area contributed by atoms with E-state index in [-0.39, 0.29) is 0 Å². The van der Waals surface area contributed by atoms with Gasteiger partial charge in [-0.25, -0.2) is 0 Å². The van der Waals surface area contributed by atoms with Crippen LogP contribution >= 0.6 is 22.6 Å². The fourth-order valence-corrected chi connectivity index (χ4v) is 0.442. The lowest BCUT2D eigenvalue weighted by Gasteiger charge is -1.70. The molecule has 0 rings (SSSR count). The van der Waals surface area contributed by atoms with Crippen molar-refractivity contribution in [2.75, 3.05) is 0 Å². The molecule has 0 nitrogen and oxygen atoms in total. The highest BCUT2D eigenvalue weighted by molar-refractivity contribution is 14.1. The molecule has 0 atom stereocenters. The Bertz CT molecular complexity index is 65.7. The molecule has 0 aliphatic carbocycles. The van der Waals surface area contributed by atoms with Crippen molar-refractivity contribution in [1.29, 1.82) is 0 Å². The summed E-state index contributed by atoms with van der Waals surface area (Å²) in [7, 11) is 0. The fraction of sp³-hybridized carbons (Fsp3) is 0.600. The molecule has 0 aromatic rings. The topological polar surface area (TPSA) is 0 Å². The summed E-state index contributed by atoms with van der Waals surface area (Å²) in [5, 5.41) is 0. The molecule has 0 bridgehead atoms. The summed E-state index contributed by atoms with van der Waals surface area (Å²) < 4.78 is 2.79. The molecule has 0 radical (unpaired) electrons. The van der Waals surface area contributed by atoms with Crippen LogP contribution in [0.1, 0.15) is 19.8 Å². The van der Waals surface area contributed by atoms with Crippen LogP contribution in [0.15, 0.2) is 0 Å². The van der Waals surface area contributed by atoms with Crippen molar-refractivity contribution in [3.8, 4) is 9.85 Å². The van der Waals surface area contributed by atoms with E-state index >= 15 is 0 Å². The first-order chi connectivity index (χ1) is 2.91. The smallest absolute Gasteiger partial charge is 0.0181 e. The van der Waals surface area contributed by atoms with Gasteiger partial charge in [0.15, 0.2) is 0 Å². The molecular formula is C5H7I. The Balaban J connectivity index is 2.79. The Morgan fingerprint density at radius 2 is 2.33 bits per heavy atom. The Morgan fingerprint density at radius 1 is 1.67 bits per heavy atom. The third kappa shape index (κ3) is 4.29. The van der Waals surface area contributed by atoms with Crippen LogP contribution in [0.4, 0.5) is 0 Å².